The monoisotopic (exact) mass is 268 g/mol. The molecule has 0 bridgehead atoms. The number of hydrogen-bond acceptors (Lipinski definition) is 3. The van der Waals surface area contributed by atoms with Crippen molar-refractivity contribution in [3.8, 4) is 0 Å². The van der Waals surface area contributed by atoms with Crippen LogP contribution in [0.4, 0.5) is 0 Å². The van der Waals surface area contributed by atoms with Gasteiger partial charge >= 0.3 is 0 Å². The van der Waals surface area contributed by atoms with Crippen molar-refractivity contribution in [2.75, 3.05) is 13.1 Å². The zero-order chi connectivity index (χ0) is 13.7. The van der Waals surface area contributed by atoms with Gasteiger partial charge in [-0.15, -0.1) is 11.3 Å². The van der Waals surface area contributed by atoms with Gasteiger partial charge in [0.15, 0.2) is 0 Å². The summed E-state index contributed by atoms with van der Waals surface area (Å²) in [5.41, 5.74) is 6.24. The zero-order valence-electron chi connectivity index (χ0n) is 12.4. The first-order valence-electron chi connectivity index (χ1n) is 7.05. The van der Waals surface area contributed by atoms with Crippen molar-refractivity contribution in [2.24, 2.45) is 11.7 Å². The number of aryl methyl sites for hydroxylation is 1. The second kappa shape index (κ2) is 7.27. The fourth-order valence-corrected chi connectivity index (χ4v) is 3.48. The first kappa shape index (κ1) is 15.7. The Morgan fingerprint density at radius 3 is 2.33 bits per heavy atom. The Morgan fingerprint density at radius 1 is 1.28 bits per heavy atom. The van der Waals surface area contributed by atoms with Gasteiger partial charge in [0.25, 0.3) is 0 Å². The van der Waals surface area contributed by atoms with Crippen LogP contribution in [0.15, 0.2) is 12.1 Å². The summed E-state index contributed by atoms with van der Waals surface area (Å²) >= 11 is 1.88. The molecule has 1 aromatic rings. The molecule has 1 aromatic heterocycles. The van der Waals surface area contributed by atoms with Crippen LogP contribution in [0, 0.1) is 12.8 Å². The molecule has 0 saturated carbocycles. The molecule has 0 aliphatic rings. The molecule has 1 rings (SSSR count). The third-order valence-corrected chi connectivity index (χ3v) is 4.66. The van der Waals surface area contributed by atoms with E-state index in [1.54, 1.807) is 0 Å². The average molecular weight is 268 g/mol. The molecule has 0 aliphatic heterocycles. The van der Waals surface area contributed by atoms with Crippen LogP contribution in [-0.2, 0) is 0 Å². The van der Waals surface area contributed by atoms with Crippen molar-refractivity contribution >= 4 is 11.3 Å². The molecule has 0 saturated heterocycles. The molecule has 2 nitrogen and oxygen atoms in total. The predicted molar refractivity (Wildman–Crippen MR) is 82.1 cm³/mol. The third kappa shape index (κ3) is 4.08. The van der Waals surface area contributed by atoms with Crippen molar-refractivity contribution in [1.82, 2.24) is 4.90 Å². The molecule has 0 amide bonds. The van der Waals surface area contributed by atoms with Crippen LogP contribution in [0.3, 0.4) is 0 Å². The highest BCUT2D eigenvalue weighted by Gasteiger charge is 2.25. The number of hydrogen-bond donors (Lipinski definition) is 1. The van der Waals surface area contributed by atoms with Gasteiger partial charge in [-0.2, -0.15) is 0 Å². The highest BCUT2D eigenvalue weighted by Crippen LogP contribution is 2.30. The van der Waals surface area contributed by atoms with Gasteiger partial charge in [-0.25, -0.2) is 0 Å². The maximum Gasteiger partial charge on any atom is 0.0590 e. The fraction of sp³-hybridized carbons (Fsp3) is 0.733. The van der Waals surface area contributed by atoms with Gasteiger partial charge in [-0.3, -0.25) is 4.90 Å². The summed E-state index contributed by atoms with van der Waals surface area (Å²) < 4.78 is 0. The number of thiophene rings is 1. The van der Waals surface area contributed by atoms with Crippen LogP contribution in [-0.4, -0.2) is 24.0 Å². The molecule has 0 fully saturated rings. The van der Waals surface area contributed by atoms with Crippen molar-refractivity contribution < 1.29 is 0 Å². The second-order valence-corrected chi connectivity index (χ2v) is 6.67. The Balaban J connectivity index is 2.88. The molecule has 104 valence electrons. The lowest BCUT2D eigenvalue weighted by Gasteiger charge is -2.34. The Bertz CT molecular complexity index is 346. The minimum absolute atomic E-state index is 0.173. The molecule has 2 N–H and O–H groups in total. The largest absolute Gasteiger partial charge is 0.326 e. The summed E-state index contributed by atoms with van der Waals surface area (Å²) in [5.74, 6) is 0.729. The summed E-state index contributed by atoms with van der Waals surface area (Å²) in [6, 6.07) is 4.98. The summed E-state index contributed by atoms with van der Waals surface area (Å²) in [5, 5.41) is 0. The molecule has 0 spiro atoms. The molecule has 3 unspecified atom stereocenters. The topological polar surface area (TPSA) is 29.3 Å². The summed E-state index contributed by atoms with van der Waals surface area (Å²) in [6.45, 7) is 13.3. The smallest absolute Gasteiger partial charge is 0.0590 e. The second-order valence-electron chi connectivity index (χ2n) is 5.35. The lowest BCUT2D eigenvalue weighted by molar-refractivity contribution is 0.162. The van der Waals surface area contributed by atoms with E-state index in [0.717, 1.165) is 19.0 Å². The molecule has 0 aromatic carbocycles. The minimum Gasteiger partial charge on any atom is -0.326 e. The molecule has 0 radical (unpaired) electrons. The van der Waals surface area contributed by atoms with E-state index < -0.39 is 0 Å². The maximum absolute atomic E-state index is 6.24. The molecule has 0 aliphatic carbocycles. The molecule has 3 heteroatoms. The standard InChI is InChI=1S/C15H28N2S/c1-6-11(3)10-17(7-2)15(13(5)16)14-9-8-12(4)18-14/h8-9,11,13,15H,6-7,10,16H2,1-5H3. The van der Waals surface area contributed by atoms with Crippen molar-refractivity contribution in [1.29, 1.82) is 0 Å². The van der Waals surface area contributed by atoms with E-state index in [9.17, 15) is 0 Å². The van der Waals surface area contributed by atoms with Gasteiger partial charge in [0, 0.05) is 22.3 Å². The Morgan fingerprint density at radius 2 is 1.94 bits per heavy atom. The maximum atomic E-state index is 6.24. The average Bonchev–Trinajstić information content (AvgIpc) is 2.73. The van der Waals surface area contributed by atoms with E-state index in [4.69, 9.17) is 5.73 Å². The van der Waals surface area contributed by atoms with Crippen LogP contribution in [0.5, 0.6) is 0 Å². The number of rotatable bonds is 7. The van der Waals surface area contributed by atoms with Gasteiger partial charge in [-0.05, 0) is 38.4 Å². The highest BCUT2D eigenvalue weighted by molar-refractivity contribution is 7.12. The predicted octanol–water partition coefficient (Wildman–Crippen LogP) is 3.81. The van der Waals surface area contributed by atoms with Crippen molar-refractivity contribution in [3.05, 3.63) is 21.9 Å². The molecular weight excluding hydrogens is 240 g/mol. The minimum atomic E-state index is 0.173. The first-order valence-corrected chi connectivity index (χ1v) is 7.87. The van der Waals surface area contributed by atoms with E-state index in [0.29, 0.717) is 6.04 Å². The summed E-state index contributed by atoms with van der Waals surface area (Å²) in [7, 11) is 0. The lowest BCUT2D eigenvalue weighted by Crippen LogP contribution is -2.41. The molecular formula is C15H28N2S. The van der Waals surface area contributed by atoms with Crippen LogP contribution in [0.25, 0.3) is 0 Å². The summed E-state index contributed by atoms with van der Waals surface area (Å²) in [4.78, 5) is 5.31. The molecule has 1 heterocycles. The molecule has 3 atom stereocenters. The first-order chi connectivity index (χ1) is 8.49. The quantitative estimate of drug-likeness (QED) is 0.814. The van der Waals surface area contributed by atoms with E-state index in [1.165, 1.54) is 16.2 Å². The third-order valence-electron chi connectivity index (χ3n) is 3.59. The Kier molecular flexibility index (Phi) is 6.33. The number of nitrogens with zero attached hydrogens (tertiary/aromatic N) is 1. The molecule has 18 heavy (non-hydrogen) atoms. The lowest BCUT2D eigenvalue weighted by atomic mass is 10.0. The van der Waals surface area contributed by atoms with E-state index in [-0.39, 0.29) is 6.04 Å². The van der Waals surface area contributed by atoms with E-state index in [1.807, 2.05) is 11.3 Å². The van der Waals surface area contributed by atoms with Gasteiger partial charge < -0.3 is 5.73 Å². The van der Waals surface area contributed by atoms with Gasteiger partial charge in [0.1, 0.15) is 0 Å². The SMILES string of the molecule is CCC(C)CN(CC)C(c1ccc(C)s1)C(C)N. The number of likely N-dealkylation sites (N-methyl/N-ethyl adjacent to an activating group) is 1. The van der Waals surface area contributed by atoms with Crippen LogP contribution in [0.1, 0.15) is 49.9 Å². The van der Waals surface area contributed by atoms with Crippen LogP contribution in [0.2, 0.25) is 0 Å². The van der Waals surface area contributed by atoms with E-state index >= 15 is 0 Å². The zero-order valence-corrected chi connectivity index (χ0v) is 13.3. The van der Waals surface area contributed by atoms with Gasteiger partial charge in [0.05, 0.1) is 6.04 Å². The highest BCUT2D eigenvalue weighted by atomic mass is 32.1. The Hall–Kier alpha value is -0.380. The van der Waals surface area contributed by atoms with E-state index in [2.05, 4.69) is 51.7 Å². The Labute approximate surface area is 116 Å². The normalized spacial score (nSPS) is 16.8. The van der Waals surface area contributed by atoms with Crippen molar-refractivity contribution in [3.63, 3.8) is 0 Å². The van der Waals surface area contributed by atoms with Crippen LogP contribution < -0.4 is 5.73 Å². The number of nitrogens with two attached hydrogens (primary N) is 1. The van der Waals surface area contributed by atoms with Gasteiger partial charge in [0.2, 0.25) is 0 Å². The van der Waals surface area contributed by atoms with Gasteiger partial charge in [-0.1, -0.05) is 27.2 Å². The fourth-order valence-electron chi connectivity index (χ4n) is 2.35. The van der Waals surface area contributed by atoms with Crippen LogP contribution >= 0.6 is 11.3 Å². The van der Waals surface area contributed by atoms with Crippen molar-refractivity contribution in [2.45, 2.75) is 53.1 Å². The summed E-state index contributed by atoms with van der Waals surface area (Å²) in [6.07, 6.45) is 1.23.